The van der Waals surface area contributed by atoms with Crippen molar-refractivity contribution in [3.8, 4) is 0 Å². The lowest BCUT2D eigenvalue weighted by Gasteiger charge is -2.18. The molecule has 4 atom stereocenters. The van der Waals surface area contributed by atoms with Crippen LogP contribution in [0.1, 0.15) is 33.1 Å². The highest BCUT2D eigenvalue weighted by Crippen LogP contribution is 2.28. The molecule has 1 rings (SSSR count). The van der Waals surface area contributed by atoms with E-state index in [9.17, 15) is 9.90 Å². The van der Waals surface area contributed by atoms with Gasteiger partial charge in [0.1, 0.15) is 0 Å². The maximum absolute atomic E-state index is 11.3. The molecule has 1 aliphatic rings. The summed E-state index contributed by atoms with van der Waals surface area (Å²) in [6, 6.07) is 0. The van der Waals surface area contributed by atoms with Crippen molar-refractivity contribution in [2.75, 3.05) is 7.11 Å². The van der Waals surface area contributed by atoms with E-state index in [0.717, 1.165) is 12.8 Å². The third kappa shape index (κ3) is 3.47. The van der Waals surface area contributed by atoms with E-state index in [1.165, 1.54) is 7.11 Å². The highest BCUT2D eigenvalue weighted by molar-refractivity contribution is 5.72. The van der Waals surface area contributed by atoms with E-state index in [1.54, 1.807) is 6.92 Å². The second-order valence-corrected chi connectivity index (χ2v) is 4.27. The van der Waals surface area contributed by atoms with Crippen molar-refractivity contribution >= 4 is 5.97 Å². The summed E-state index contributed by atoms with van der Waals surface area (Å²) in [6.45, 7) is 3.57. The predicted molar refractivity (Wildman–Crippen MR) is 55.4 cm³/mol. The van der Waals surface area contributed by atoms with Crippen LogP contribution in [0.15, 0.2) is 0 Å². The SMILES string of the molecule is COC(=O)[C@H](C)[C@H]1CC[C@@H](C[C@@H](C)O)O1. The van der Waals surface area contributed by atoms with E-state index >= 15 is 0 Å². The van der Waals surface area contributed by atoms with Gasteiger partial charge in [0.15, 0.2) is 0 Å². The minimum atomic E-state index is -0.345. The molecule has 1 saturated heterocycles. The zero-order chi connectivity index (χ0) is 11.4. The Morgan fingerprint density at radius 2 is 2.20 bits per heavy atom. The Balaban J connectivity index is 2.38. The first-order valence-corrected chi connectivity index (χ1v) is 5.46. The molecule has 88 valence electrons. The third-order valence-corrected chi connectivity index (χ3v) is 2.88. The summed E-state index contributed by atoms with van der Waals surface area (Å²) in [6.07, 6.45) is 2.11. The van der Waals surface area contributed by atoms with Gasteiger partial charge in [-0.2, -0.15) is 0 Å². The lowest BCUT2D eigenvalue weighted by Crippen LogP contribution is -2.27. The van der Waals surface area contributed by atoms with Crippen molar-refractivity contribution in [3.63, 3.8) is 0 Å². The van der Waals surface area contributed by atoms with Crippen molar-refractivity contribution in [3.05, 3.63) is 0 Å². The normalized spacial score (nSPS) is 29.9. The van der Waals surface area contributed by atoms with Gasteiger partial charge < -0.3 is 14.6 Å². The molecule has 0 amide bonds. The molecule has 0 saturated carbocycles. The van der Waals surface area contributed by atoms with Crippen molar-refractivity contribution in [2.45, 2.75) is 51.4 Å². The maximum atomic E-state index is 11.3. The first kappa shape index (κ1) is 12.5. The molecular formula is C11H20O4. The van der Waals surface area contributed by atoms with E-state index in [0.29, 0.717) is 6.42 Å². The molecule has 0 aromatic heterocycles. The fourth-order valence-corrected chi connectivity index (χ4v) is 1.99. The second kappa shape index (κ2) is 5.47. The maximum Gasteiger partial charge on any atom is 0.311 e. The van der Waals surface area contributed by atoms with Crippen LogP contribution in [-0.2, 0) is 14.3 Å². The standard InChI is InChI=1S/C11H20O4/c1-7(12)6-9-4-5-10(15-9)8(2)11(13)14-3/h7-10,12H,4-6H2,1-3H3/t7-,8-,9+,10-/m1/s1. The van der Waals surface area contributed by atoms with Gasteiger partial charge in [0.05, 0.1) is 31.3 Å². The zero-order valence-electron chi connectivity index (χ0n) is 9.60. The third-order valence-electron chi connectivity index (χ3n) is 2.88. The van der Waals surface area contributed by atoms with Crippen LogP contribution in [0.4, 0.5) is 0 Å². The van der Waals surface area contributed by atoms with E-state index in [-0.39, 0.29) is 30.2 Å². The van der Waals surface area contributed by atoms with Gasteiger partial charge in [-0.05, 0) is 33.1 Å². The molecule has 0 bridgehead atoms. The first-order valence-electron chi connectivity index (χ1n) is 5.46. The number of ether oxygens (including phenoxy) is 2. The largest absolute Gasteiger partial charge is 0.469 e. The van der Waals surface area contributed by atoms with Gasteiger partial charge in [-0.25, -0.2) is 0 Å². The van der Waals surface area contributed by atoms with Crippen molar-refractivity contribution < 1.29 is 19.4 Å². The lowest BCUT2D eigenvalue weighted by atomic mass is 10.0. The summed E-state index contributed by atoms with van der Waals surface area (Å²) < 4.78 is 10.4. The quantitative estimate of drug-likeness (QED) is 0.715. The molecule has 1 fully saturated rings. The second-order valence-electron chi connectivity index (χ2n) is 4.27. The molecule has 0 aromatic carbocycles. The van der Waals surface area contributed by atoms with E-state index < -0.39 is 0 Å². The van der Waals surface area contributed by atoms with Gasteiger partial charge in [-0.1, -0.05) is 0 Å². The molecule has 0 radical (unpaired) electrons. The molecule has 1 N–H and O–H groups in total. The first-order chi connectivity index (χ1) is 7.04. The summed E-state index contributed by atoms with van der Waals surface area (Å²) in [5, 5.41) is 9.22. The summed E-state index contributed by atoms with van der Waals surface area (Å²) in [7, 11) is 1.39. The minimum Gasteiger partial charge on any atom is -0.469 e. The van der Waals surface area contributed by atoms with Gasteiger partial charge >= 0.3 is 5.97 Å². The Kier molecular flexibility index (Phi) is 4.54. The van der Waals surface area contributed by atoms with Crippen LogP contribution in [0, 0.1) is 5.92 Å². The van der Waals surface area contributed by atoms with Crippen LogP contribution < -0.4 is 0 Å². The lowest BCUT2D eigenvalue weighted by molar-refractivity contribution is -0.150. The van der Waals surface area contributed by atoms with Gasteiger partial charge in [0.25, 0.3) is 0 Å². The number of aliphatic hydroxyl groups is 1. The van der Waals surface area contributed by atoms with Crippen LogP contribution in [0.5, 0.6) is 0 Å². The summed E-state index contributed by atoms with van der Waals surface area (Å²) >= 11 is 0. The average Bonchev–Trinajstić information content (AvgIpc) is 2.63. The number of methoxy groups -OCH3 is 1. The predicted octanol–water partition coefficient (Wildman–Crippen LogP) is 1.11. The zero-order valence-corrected chi connectivity index (χ0v) is 9.60. The Bertz CT molecular complexity index is 215. The molecule has 15 heavy (non-hydrogen) atoms. The molecular weight excluding hydrogens is 196 g/mol. The topological polar surface area (TPSA) is 55.8 Å². The Hall–Kier alpha value is -0.610. The fraction of sp³-hybridized carbons (Fsp3) is 0.909. The number of aliphatic hydroxyl groups excluding tert-OH is 1. The molecule has 0 aliphatic carbocycles. The Labute approximate surface area is 90.6 Å². The number of carbonyl (C=O) groups is 1. The molecule has 4 nitrogen and oxygen atoms in total. The molecule has 0 aromatic rings. The number of hydrogen-bond acceptors (Lipinski definition) is 4. The molecule has 1 aliphatic heterocycles. The number of carbonyl (C=O) groups excluding carboxylic acids is 1. The van der Waals surface area contributed by atoms with E-state index in [4.69, 9.17) is 4.74 Å². The van der Waals surface area contributed by atoms with E-state index in [2.05, 4.69) is 4.74 Å². The van der Waals surface area contributed by atoms with Gasteiger partial charge in [0.2, 0.25) is 0 Å². The van der Waals surface area contributed by atoms with Crippen molar-refractivity contribution in [2.24, 2.45) is 5.92 Å². The van der Waals surface area contributed by atoms with Crippen molar-refractivity contribution in [1.82, 2.24) is 0 Å². The number of esters is 1. The summed E-state index contributed by atoms with van der Waals surface area (Å²) in [5.41, 5.74) is 0. The molecule has 4 heteroatoms. The van der Waals surface area contributed by atoms with Crippen LogP contribution >= 0.6 is 0 Å². The highest BCUT2D eigenvalue weighted by atomic mass is 16.5. The molecule has 0 unspecified atom stereocenters. The highest BCUT2D eigenvalue weighted by Gasteiger charge is 2.33. The van der Waals surface area contributed by atoms with Gasteiger partial charge in [-0.15, -0.1) is 0 Å². The Morgan fingerprint density at radius 1 is 1.53 bits per heavy atom. The van der Waals surface area contributed by atoms with Gasteiger partial charge in [0, 0.05) is 0 Å². The molecule has 0 spiro atoms. The van der Waals surface area contributed by atoms with Crippen molar-refractivity contribution in [1.29, 1.82) is 0 Å². The Morgan fingerprint density at radius 3 is 2.73 bits per heavy atom. The average molecular weight is 216 g/mol. The minimum absolute atomic E-state index is 0.0544. The monoisotopic (exact) mass is 216 g/mol. The van der Waals surface area contributed by atoms with Crippen LogP contribution in [0.2, 0.25) is 0 Å². The molecule has 1 heterocycles. The smallest absolute Gasteiger partial charge is 0.311 e. The van der Waals surface area contributed by atoms with Crippen LogP contribution in [-0.4, -0.2) is 36.5 Å². The van der Waals surface area contributed by atoms with E-state index in [1.807, 2.05) is 6.92 Å². The fourth-order valence-electron chi connectivity index (χ4n) is 1.99. The summed E-state index contributed by atoms with van der Waals surface area (Å²) in [5.74, 6) is -0.438. The number of rotatable bonds is 4. The summed E-state index contributed by atoms with van der Waals surface area (Å²) in [4.78, 5) is 11.3. The van der Waals surface area contributed by atoms with Crippen LogP contribution in [0.25, 0.3) is 0 Å². The number of hydrogen-bond donors (Lipinski definition) is 1. The van der Waals surface area contributed by atoms with Crippen LogP contribution in [0.3, 0.4) is 0 Å². The van der Waals surface area contributed by atoms with Gasteiger partial charge in [-0.3, -0.25) is 4.79 Å².